The number of anilines is 1. The molecule has 2 rings (SSSR count). The van der Waals surface area contributed by atoms with E-state index in [-0.39, 0.29) is 12.1 Å². The molecule has 2 atom stereocenters. The maximum Gasteiger partial charge on any atom is 0.321 e. The van der Waals surface area contributed by atoms with Gasteiger partial charge in [-0.1, -0.05) is 19.1 Å². The van der Waals surface area contributed by atoms with Gasteiger partial charge in [0.2, 0.25) is 0 Å². The topological polar surface area (TPSA) is 41.6 Å². The normalized spacial score (nSPS) is 20.1. The Bertz CT molecular complexity index is 481. The van der Waals surface area contributed by atoms with Gasteiger partial charge in [0.05, 0.1) is 6.10 Å². The molecule has 0 bridgehead atoms. The molecule has 1 aromatic rings. The van der Waals surface area contributed by atoms with Gasteiger partial charge in [0.1, 0.15) is 0 Å². The molecule has 1 aliphatic heterocycles. The Morgan fingerprint density at radius 2 is 2.38 bits per heavy atom. The second-order valence-electron chi connectivity index (χ2n) is 5.28. The van der Waals surface area contributed by atoms with Crippen molar-refractivity contribution in [1.82, 2.24) is 4.90 Å². The number of carbonyl (C=O) groups is 1. The molecule has 1 fully saturated rings. The molecule has 1 aliphatic rings. The number of methoxy groups -OCH3 is 1. The molecule has 4 nitrogen and oxygen atoms in total. The third-order valence-electron chi connectivity index (χ3n) is 3.84. The van der Waals surface area contributed by atoms with Crippen molar-refractivity contribution in [3.63, 3.8) is 0 Å². The third-order valence-corrected chi connectivity index (χ3v) is 5.21. The maximum atomic E-state index is 12.4. The van der Waals surface area contributed by atoms with Crippen LogP contribution in [0.4, 0.5) is 10.5 Å². The van der Waals surface area contributed by atoms with Crippen molar-refractivity contribution in [3.05, 3.63) is 29.8 Å². The van der Waals surface area contributed by atoms with Crippen LogP contribution in [0.15, 0.2) is 24.3 Å². The van der Waals surface area contributed by atoms with Crippen LogP contribution < -0.4 is 5.32 Å². The number of nitrogens with zero attached hydrogens (tertiary/aromatic N) is 1. The molecule has 1 saturated heterocycles. The monoisotopic (exact) mass is 308 g/mol. The number of hydrogen-bond donors (Lipinski definition) is 1. The first-order valence-electron chi connectivity index (χ1n) is 7.44. The standard InChI is InChI=1S/C16H24N2O2S/c1-4-15-11-18(8-9-21-15)16(19)17-14-7-5-6-13(10-14)12(2)20-3/h5-7,10,12,15H,4,8-9,11H2,1-3H3,(H,17,19)/t12-,15-/m0/s1. The molecule has 21 heavy (non-hydrogen) atoms. The summed E-state index contributed by atoms with van der Waals surface area (Å²) in [5.74, 6) is 1.02. The molecular weight excluding hydrogens is 284 g/mol. The molecule has 5 heteroatoms. The lowest BCUT2D eigenvalue weighted by molar-refractivity contribution is 0.119. The molecule has 2 amide bonds. The van der Waals surface area contributed by atoms with Gasteiger partial charge in [-0.2, -0.15) is 11.8 Å². The van der Waals surface area contributed by atoms with Crippen LogP contribution in [-0.4, -0.2) is 42.1 Å². The average molecular weight is 308 g/mol. The summed E-state index contributed by atoms with van der Waals surface area (Å²) < 4.78 is 5.32. The highest BCUT2D eigenvalue weighted by Crippen LogP contribution is 2.23. The van der Waals surface area contributed by atoms with E-state index in [0.29, 0.717) is 5.25 Å². The summed E-state index contributed by atoms with van der Waals surface area (Å²) in [6, 6.07) is 7.84. The Morgan fingerprint density at radius 1 is 1.57 bits per heavy atom. The zero-order chi connectivity index (χ0) is 15.2. The minimum atomic E-state index is -0.00373. The number of thioether (sulfide) groups is 1. The van der Waals surface area contributed by atoms with E-state index >= 15 is 0 Å². The fourth-order valence-corrected chi connectivity index (χ4v) is 3.54. The van der Waals surface area contributed by atoms with Gasteiger partial charge in [0, 0.05) is 36.9 Å². The first-order valence-corrected chi connectivity index (χ1v) is 8.49. The van der Waals surface area contributed by atoms with Crippen LogP contribution in [0.3, 0.4) is 0 Å². The van der Waals surface area contributed by atoms with Crippen molar-refractivity contribution in [2.75, 3.05) is 31.3 Å². The highest BCUT2D eigenvalue weighted by molar-refractivity contribution is 8.00. The number of carbonyl (C=O) groups excluding carboxylic acids is 1. The van der Waals surface area contributed by atoms with Crippen molar-refractivity contribution in [2.24, 2.45) is 0 Å². The zero-order valence-corrected chi connectivity index (χ0v) is 13.8. The largest absolute Gasteiger partial charge is 0.377 e. The second kappa shape index (κ2) is 7.71. The first kappa shape index (κ1) is 16.2. The van der Waals surface area contributed by atoms with E-state index in [1.807, 2.05) is 47.9 Å². The predicted molar refractivity (Wildman–Crippen MR) is 89.0 cm³/mol. The summed E-state index contributed by atoms with van der Waals surface area (Å²) in [5.41, 5.74) is 1.89. The highest BCUT2D eigenvalue weighted by Gasteiger charge is 2.23. The van der Waals surface area contributed by atoms with Crippen molar-refractivity contribution < 1.29 is 9.53 Å². The molecule has 1 heterocycles. The lowest BCUT2D eigenvalue weighted by atomic mass is 10.1. The number of benzene rings is 1. The molecule has 0 saturated carbocycles. The van der Waals surface area contributed by atoms with Crippen molar-refractivity contribution in [1.29, 1.82) is 0 Å². The van der Waals surface area contributed by atoms with Gasteiger partial charge < -0.3 is 15.0 Å². The SMILES string of the molecule is CC[C@H]1CN(C(=O)Nc2cccc([C@H](C)OC)c2)CCS1. The molecule has 1 aromatic carbocycles. The summed E-state index contributed by atoms with van der Waals surface area (Å²) in [5, 5.41) is 3.56. The zero-order valence-electron chi connectivity index (χ0n) is 13.0. The fourth-order valence-electron chi connectivity index (χ4n) is 2.36. The number of nitrogens with one attached hydrogen (secondary N) is 1. The van der Waals surface area contributed by atoms with Crippen LogP contribution in [0.1, 0.15) is 31.9 Å². The van der Waals surface area contributed by atoms with E-state index < -0.39 is 0 Å². The Hall–Kier alpha value is -1.20. The molecular formula is C16H24N2O2S. The highest BCUT2D eigenvalue weighted by atomic mass is 32.2. The van der Waals surface area contributed by atoms with Gasteiger partial charge in [-0.3, -0.25) is 0 Å². The van der Waals surface area contributed by atoms with E-state index in [1.54, 1.807) is 7.11 Å². The Morgan fingerprint density at radius 3 is 3.10 bits per heavy atom. The van der Waals surface area contributed by atoms with E-state index in [1.165, 1.54) is 0 Å². The Kier molecular flexibility index (Phi) is 5.94. The molecule has 0 spiro atoms. The smallest absolute Gasteiger partial charge is 0.321 e. The van der Waals surface area contributed by atoms with Crippen LogP contribution in [0.2, 0.25) is 0 Å². The van der Waals surface area contributed by atoms with Crippen LogP contribution in [0.5, 0.6) is 0 Å². The number of hydrogen-bond acceptors (Lipinski definition) is 3. The molecule has 0 aromatic heterocycles. The van der Waals surface area contributed by atoms with E-state index in [9.17, 15) is 4.79 Å². The molecule has 1 N–H and O–H groups in total. The van der Waals surface area contributed by atoms with Crippen molar-refractivity contribution in [2.45, 2.75) is 31.6 Å². The van der Waals surface area contributed by atoms with Gasteiger partial charge in [-0.25, -0.2) is 4.79 Å². The summed E-state index contributed by atoms with van der Waals surface area (Å²) in [7, 11) is 1.69. The van der Waals surface area contributed by atoms with Gasteiger partial charge in [-0.05, 0) is 31.0 Å². The van der Waals surface area contributed by atoms with Gasteiger partial charge in [0.25, 0.3) is 0 Å². The summed E-state index contributed by atoms with van der Waals surface area (Å²) >= 11 is 1.96. The van der Waals surface area contributed by atoms with Crippen molar-refractivity contribution in [3.8, 4) is 0 Å². The van der Waals surface area contributed by atoms with Crippen LogP contribution in [0.25, 0.3) is 0 Å². The lowest BCUT2D eigenvalue weighted by Crippen LogP contribution is -2.43. The minimum Gasteiger partial charge on any atom is -0.377 e. The maximum absolute atomic E-state index is 12.4. The number of amides is 2. The van der Waals surface area contributed by atoms with E-state index in [2.05, 4.69) is 12.2 Å². The molecule has 0 unspecified atom stereocenters. The van der Waals surface area contributed by atoms with E-state index in [0.717, 1.165) is 36.5 Å². The van der Waals surface area contributed by atoms with Crippen LogP contribution in [0, 0.1) is 0 Å². The summed E-state index contributed by atoms with van der Waals surface area (Å²) in [4.78, 5) is 14.3. The second-order valence-corrected chi connectivity index (χ2v) is 6.69. The molecule has 0 radical (unpaired) electrons. The van der Waals surface area contributed by atoms with Gasteiger partial charge >= 0.3 is 6.03 Å². The summed E-state index contributed by atoms with van der Waals surface area (Å²) in [6.07, 6.45) is 1.13. The Balaban J connectivity index is 1.99. The minimum absolute atomic E-state index is 0.00373. The van der Waals surface area contributed by atoms with Gasteiger partial charge in [0.15, 0.2) is 0 Å². The van der Waals surface area contributed by atoms with E-state index in [4.69, 9.17) is 4.74 Å². The quantitative estimate of drug-likeness (QED) is 0.921. The molecule has 116 valence electrons. The lowest BCUT2D eigenvalue weighted by Gasteiger charge is -2.32. The number of ether oxygens (including phenoxy) is 1. The number of rotatable bonds is 4. The Labute approximate surface area is 131 Å². The fraction of sp³-hybridized carbons (Fsp3) is 0.562. The summed E-state index contributed by atoms with van der Waals surface area (Å²) in [6.45, 7) is 5.83. The molecule has 0 aliphatic carbocycles. The van der Waals surface area contributed by atoms with Crippen molar-refractivity contribution >= 4 is 23.5 Å². The first-order chi connectivity index (χ1) is 10.1. The third kappa shape index (κ3) is 4.38. The average Bonchev–Trinajstić information content (AvgIpc) is 2.54. The van der Waals surface area contributed by atoms with Crippen LogP contribution in [-0.2, 0) is 4.74 Å². The number of urea groups is 1. The predicted octanol–water partition coefficient (Wildman–Crippen LogP) is 3.75. The van der Waals surface area contributed by atoms with Crippen LogP contribution >= 0.6 is 11.8 Å². The van der Waals surface area contributed by atoms with Gasteiger partial charge in [-0.15, -0.1) is 0 Å².